The van der Waals surface area contributed by atoms with Crippen molar-refractivity contribution in [2.24, 2.45) is 29.1 Å². The monoisotopic (exact) mass is 738 g/mol. The number of fused-ring (bicyclic) bond motifs is 5. The molecule has 0 unspecified atom stereocenters. The van der Waals surface area contributed by atoms with Gasteiger partial charge in [0.25, 0.3) is 0 Å². The van der Waals surface area contributed by atoms with E-state index in [1.807, 2.05) is 46.8 Å². The van der Waals surface area contributed by atoms with Crippen LogP contribution in [0.25, 0.3) is 0 Å². The second kappa shape index (κ2) is 16.7. The maximum atomic E-state index is 14.8. The fraction of sp³-hybridized carbons (Fsp3) is 0.698. The number of ether oxygens (including phenoxy) is 3. The zero-order valence-electron chi connectivity index (χ0n) is 33.5. The summed E-state index contributed by atoms with van der Waals surface area (Å²) in [6.07, 6.45) is 5.18. The van der Waals surface area contributed by atoms with Gasteiger partial charge in [0, 0.05) is 43.9 Å². The van der Waals surface area contributed by atoms with E-state index in [2.05, 4.69) is 0 Å². The maximum absolute atomic E-state index is 14.8. The first-order valence-corrected chi connectivity index (χ1v) is 19.3. The lowest BCUT2D eigenvalue weighted by atomic mass is 9.53. The molecule has 9 atom stereocenters. The van der Waals surface area contributed by atoms with Crippen molar-refractivity contribution in [1.82, 2.24) is 0 Å². The number of hydrogen-bond acceptors (Lipinski definition) is 10. The Morgan fingerprint density at radius 2 is 1.62 bits per heavy atom. The molecule has 4 aliphatic rings. The van der Waals surface area contributed by atoms with E-state index in [1.54, 1.807) is 26.8 Å². The molecular weight excluding hydrogens is 676 g/mol. The van der Waals surface area contributed by atoms with Gasteiger partial charge in [-0.1, -0.05) is 48.3 Å². The Bertz CT molecular complexity index is 1590. The van der Waals surface area contributed by atoms with Crippen molar-refractivity contribution >= 4 is 29.3 Å². The maximum Gasteiger partial charge on any atom is 0.313 e. The number of carbonyl (C=O) groups excluding carboxylic acids is 5. The van der Waals surface area contributed by atoms with Gasteiger partial charge < -0.3 is 24.4 Å². The lowest BCUT2D eigenvalue weighted by Gasteiger charge is -2.50. The SMILES string of the molecule is COC(=O)[C@]12CC(=O)[C@H](C(C)C)CC(=O)C(C)=CCCC(C)=CC(=O)[C@H]1CC(C)=C1C[C@H](OC(C)=O)[C@](C)(O)[C@H]3CC[C@@](C)(O)[C@H](CC/C(C)=C/[C@@H]12)O3. The Morgan fingerprint density at radius 3 is 2.25 bits per heavy atom. The molecule has 0 saturated carbocycles. The highest BCUT2D eigenvalue weighted by Gasteiger charge is 2.60. The summed E-state index contributed by atoms with van der Waals surface area (Å²) < 4.78 is 17.9. The largest absolute Gasteiger partial charge is 0.469 e. The first-order valence-electron chi connectivity index (χ1n) is 19.3. The molecule has 2 N–H and O–H groups in total. The lowest BCUT2D eigenvalue weighted by Crippen LogP contribution is -2.59. The first kappa shape index (κ1) is 42.5. The summed E-state index contributed by atoms with van der Waals surface area (Å²) >= 11 is 0. The zero-order chi connectivity index (χ0) is 39.6. The Balaban J connectivity index is 2.05. The summed E-state index contributed by atoms with van der Waals surface area (Å²) in [5.41, 5.74) is -0.945. The molecule has 2 aliphatic heterocycles. The minimum absolute atomic E-state index is 0.00736. The molecule has 2 aliphatic carbocycles. The summed E-state index contributed by atoms with van der Waals surface area (Å²) in [7, 11) is 1.26. The van der Waals surface area contributed by atoms with E-state index >= 15 is 0 Å². The van der Waals surface area contributed by atoms with Gasteiger partial charge in [-0.2, -0.15) is 0 Å². The summed E-state index contributed by atoms with van der Waals surface area (Å²) in [5, 5.41) is 23.6. The van der Waals surface area contributed by atoms with E-state index in [4.69, 9.17) is 14.2 Å². The number of esters is 2. The van der Waals surface area contributed by atoms with Crippen LogP contribution < -0.4 is 0 Å². The predicted molar refractivity (Wildman–Crippen MR) is 200 cm³/mol. The summed E-state index contributed by atoms with van der Waals surface area (Å²) in [5.74, 6) is -4.86. The molecule has 0 aromatic heterocycles. The highest BCUT2D eigenvalue weighted by atomic mass is 16.6. The van der Waals surface area contributed by atoms with E-state index in [-0.39, 0.29) is 49.0 Å². The van der Waals surface area contributed by atoms with Gasteiger partial charge in [0.2, 0.25) is 0 Å². The van der Waals surface area contributed by atoms with Crippen molar-refractivity contribution in [2.75, 3.05) is 7.11 Å². The summed E-state index contributed by atoms with van der Waals surface area (Å²) in [6, 6.07) is 0. The van der Waals surface area contributed by atoms with Gasteiger partial charge in [0.15, 0.2) is 11.6 Å². The third-order valence-electron chi connectivity index (χ3n) is 12.6. The van der Waals surface area contributed by atoms with Crippen molar-refractivity contribution < 1.29 is 48.4 Å². The van der Waals surface area contributed by atoms with Crippen LogP contribution in [0.1, 0.15) is 127 Å². The fourth-order valence-corrected chi connectivity index (χ4v) is 9.14. The van der Waals surface area contributed by atoms with E-state index in [0.717, 1.165) is 16.7 Å². The number of rotatable bonds is 3. The minimum atomic E-state index is -1.73. The number of carbonyl (C=O) groups is 5. The number of methoxy groups -OCH3 is 1. The van der Waals surface area contributed by atoms with Gasteiger partial charge in [0.1, 0.15) is 17.5 Å². The third kappa shape index (κ3) is 9.03. The van der Waals surface area contributed by atoms with Gasteiger partial charge in [0.05, 0.1) is 30.3 Å². The molecule has 2 bridgehead atoms. The molecule has 0 amide bonds. The van der Waals surface area contributed by atoms with Crippen LogP contribution in [0.5, 0.6) is 0 Å². The summed E-state index contributed by atoms with van der Waals surface area (Å²) in [4.78, 5) is 70.3. The van der Waals surface area contributed by atoms with E-state index in [1.165, 1.54) is 14.0 Å². The van der Waals surface area contributed by atoms with Gasteiger partial charge in [-0.05, 0) is 104 Å². The van der Waals surface area contributed by atoms with Crippen LogP contribution >= 0.6 is 0 Å². The fourth-order valence-electron chi connectivity index (χ4n) is 9.14. The first-order chi connectivity index (χ1) is 24.6. The van der Waals surface area contributed by atoms with Gasteiger partial charge in [-0.15, -0.1) is 0 Å². The van der Waals surface area contributed by atoms with Crippen molar-refractivity contribution in [1.29, 1.82) is 0 Å². The van der Waals surface area contributed by atoms with Crippen molar-refractivity contribution in [3.05, 3.63) is 46.1 Å². The molecule has 10 heteroatoms. The second-order valence-corrected chi connectivity index (χ2v) is 17.1. The van der Waals surface area contributed by atoms with Crippen molar-refractivity contribution in [3.8, 4) is 0 Å². The Hall–Kier alpha value is -3.21. The number of aliphatic hydroxyl groups is 2. The van der Waals surface area contributed by atoms with Crippen LogP contribution in [-0.2, 0) is 38.2 Å². The van der Waals surface area contributed by atoms with Crippen LogP contribution in [0, 0.1) is 29.1 Å². The lowest BCUT2D eigenvalue weighted by molar-refractivity contribution is -0.239. The van der Waals surface area contributed by atoms with E-state index < -0.39 is 64.6 Å². The average molecular weight is 739 g/mol. The number of Topliss-reactive ketones (excluding diaryl/α,β-unsaturated/α-hetero) is 2. The van der Waals surface area contributed by atoms with Gasteiger partial charge in [-0.25, -0.2) is 0 Å². The highest BCUT2D eigenvalue weighted by molar-refractivity contribution is 6.02. The van der Waals surface area contributed by atoms with Crippen molar-refractivity contribution in [2.45, 2.75) is 156 Å². The van der Waals surface area contributed by atoms with Crippen LogP contribution in [-0.4, -0.2) is 76.1 Å². The molecule has 0 spiro atoms. The molecule has 0 aromatic carbocycles. The van der Waals surface area contributed by atoms with Crippen LogP contribution in [0.15, 0.2) is 46.1 Å². The molecule has 10 nitrogen and oxygen atoms in total. The van der Waals surface area contributed by atoms with E-state index in [9.17, 15) is 34.2 Å². The molecule has 53 heavy (non-hydrogen) atoms. The average Bonchev–Trinajstić information content (AvgIpc) is 3.06. The molecule has 1 saturated heterocycles. The molecule has 294 valence electrons. The van der Waals surface area contributed by atoms with Gasteiger partial charge in [-0.3, -0.25) is 24.0 Å². The van der Waals surface area contributed by atoms with E-state index in [0.29, 0.717) is 49.7 Å². The van der Waals surface area contributed by atoms with Gasteiger partial charge >= 0.3 is 11.9 Å². The molecule has 0 radical (unpaired) electrons. The van der Waals surface area contributed by atoms with Crippen LogP contribution in [0.3, 0.4) is 0 Å². The topological polar surface area (TPSA) is 154 Å². The smallest absolute Gasteiger partial charge is 0.313 e. The number of hydrogen-bond donors (Lipinski definition) is 2. The zero-order valence-corrected chi connectivity index (χ0v) is 33.5. The molecule has 1 fully saturated rings. The molecular formula is C43H62O10. The second-order valence-electron chi connectivity index (χ2n) is 17.1. The quantitative estimate of drug-likeness (QED) is 0.238. The Morgan fingerprint density at radius 1 is 0.943 bits per heavy atom. The highest BCUT2D eigenvalue weighted by Crippen LogP contribution is 2.56. The Kier molecular flexibility index (Phi) is 13.4. The normalized spacial score (nSPS) is 37.8. The summed E-state index contributed by atoms with van der Waals surface area (Å²) in [6.45, 7) is 15.7. The standard InChI is InChI=1S/C43H62O10/c1-24(2)30-21-34(45)27(5)13-11-12-25(3)19-35(46)33-20-28(6)31-22-39(52-29(7)44)42(9,50)38-16-17-41(8,49)37(53-38)15-14-26(4)18-32(31)43(33,23-36(30)47)40(48)51-10/h13,18-19,24,30,32-33,37-39,49-50H,11-12,14-17,20-23H2,1-10H3/b25-19?,26-18+,27-13?/t30-,32-,33+,37-,38+,39-,41+,42+,43-/m0/s1. The molecule has 2 heterocycles. The number of allylic oxidation sites excluding steroid dienone is 7. The minimum Gasteiger partial charge on any atom is -0.469 e. The number of ketones is 3. The Labute approximate surface area is 315 Å². The third-order valence-corrected chi connectivity index (χ3v) is 12.6. The molecule has 4 rings (SSSR count). The molecule has 0 aromatic rings. The van der Waals surface area contributed by atoms with Crippen LogP contribution in [0.4, 0.5) is 0 Å². The predicted octanol–water partition coefficient (Wildman–Crippen LogP) is 6.66. The van der Waals surface area contributed by atoms with Crippen molar-refractivity contribution in [3.63, 3.8) is 0 Å². The van der Waals surface area contributed by atoms with Crippen LogP contribution in [0.2, 0.25) is 0 Å².